The summed E-state index contributed by atoms with van der Waals surface area (Å²) >= 11 is 0. The zero-order chi connectivity index (χ0) is 33.5. The molecule has 0 saturated carbocycles. The molecular formula is C37H43N3O6. The Labute approximate surface area is 269 Å². The molecule has 0 radical (unpaired) electrons. The number of aliphatic carboxylic acids is 1. The van der Waals surface area contributed by atoms with Crippen molar-refractivity contribution in [3.8, 4) is 0 Å². The topological polar surface area (TPSA) is 159 Å². The second kappa shape index (κ2) is 18.1. The molecule has 3 atom stereocenters. The van der Waals surface area contributed by atoms with E-state index in [4.69, 9.17) is 10.8 Å². The summed E-state index contributed by atoms with van der Waals surface area (Å²) in [6, 6.07) is 30.9. The number of hydrogen-bond donors (Lipinski definition) is 5. The van der Waals surface area contributed by atoms with Gasteiger partial charge >= 0.3 is 5.97 Å². The maximum atomic E-state index is 13.3. The van der Waals surface area contributed by atoms with Gasteiger partial charge in [-0.05, 0) is 46.2 Å². The first-order valence-corrected chi connectivity index (χ1v) is 15.4. The Kier molecular flexibility index (Phi) is 13.9. The van der Waals surface area contributed by atoms with Crippen molar-refractivity contribution in [2.75, 3.05) is 0 Å². The number of rotatable bonds is 14. The SMILES string of the molecule is CC(C)C(NC(=O)Cc1cccc2ccccc12)C(=O)N[C@@H](Cc1ccccc1)[C@@H](O)CCC(=O)O.NC(=O)Cc1ccccc1. The molecule has 0 fully saturated rings. The van der Waals surface area contributed by atoms with Crippen molar-refractivity contribution < 1.29 is 29.4 Å². The molecule has 0 spiro atoms. The van der Waals surface area contributed by atoms with Crippen LogP contribution < -0.4 is 16.4 Å². The molecule has 0 aromatic heterocycles. The summed E-state index contributed by atoms with van der Waals surface area (Å²) in [6.07, 6.45) is -0.454. The summed E-state index contributed by atoms with van der Waals surface area (Å²) in [5, 5.41) is 27.5. The fraction of sp³-hybridized carbons (Fsp3) is 0.297. The standard InChI is InChI=1S/C29H34N2O5.C8H9NO/c1-19(2)28(31-26(33)18-22-13-8-12-21-11-6-7-14-23(21)22)29(36)30-24(25(32)15-16-27(34)35)17-20-9-4-3-5-10-20;9-8(10)6-7-4-2-1-3-5-7/h3-14,19,24-25,28,32H,15-18H2,1-2H3,(H,30,36)(H,31,33)(H,34,35);1-5H,6H2,(H2,9,10)/t24-,25-,28?;/m0./s1. The van der Waals surface area contributed by atoms with E-state index in [-0.39, 0.29) is 37.0 Å². The molecule has 4 aromatic rings. The van der Waals surface area contributed by atoms with Crippen LogP contribution in [-0.2, 0) is 38.4 Å². The van der Waals surface area contributed by atoms with Crippen molar-refractivity contribution in [1.29, 1.82) is 0 Å². The van der Waals surface area contributed by atoms with E-state index in [0.717, 1.165) is 27.5 Å². The van der Waals surface area contributed by atoms with Gasteiger partial charge in [-0.2, -0.15) is 0 Å². The Morgan fingerprint density at radius 2 is 1.33 bits per heavy atom. The Morgan fingerprint density at radius 1 is 0.739 bits per heavy atom. The minimum atomic E-state index is -1.05. The molecule has 4 aromatic carbocycles. The fourth-order valence-electron chi connectivity index (χ4n) is 5.07. The van der Waals surface area contributed by atoms with Gasteiger partial charge in [0.25, 0.3) is 0 Å². The van der Waals surface area contributed by atoms with Gasteiger partial charge in [0, 0.05) is 6.42 Å². The van der Waals surface area contributed by atoms with Gasteiger partial charge in [0.15, 0.2) is 0 Å². The quantitative estimate of drug-likeness (QED) is 0.141. The molecule has 6 N–H and O–H groups in total. The number of carboxylic acids is 1. The van der Waals surface area contributed by atoms with E-state index >= 15 is 0 Å². The number of fused-ring (bicyclic) bond motifs is 1. The summed E-state index contributed by atoms with van der Waals surface area (Å²) in [7, 11) is 0. The number of benzene rings is 4. The van der Waals surface area contributed by atoms with Gasteiger partial charge in [-0.15, -0.1) is 0 Å². The number of aliphatic hydroxyl groups excluding tert-OH is 1. The van der Waals surface area contributed by atoms with E-state index in [1.165, 1.54) is 0 Å². The predicted octanol–water partition coefficient (Wildman–Crippen LogP) is 4.19. The van der Waals surface area contributed by atoms with E-state index in [1.807, 2.05) is 117 Å². The first-order chi connectivity index (χ1) is 22.0. The molecule has 4 rings (SSSR count). The van der Waals surface area contributed by atoms with Crippen LogP contribution in [0.15, 0.2) is 103 Å². The highest BCUT2D eigenvalue weighted by Gasteiger charge is 2.29. The lowest BCUT2D eigenvalue weighted by molar-refractivity contribution is -0.137. The monoisotopic (exact) mass is 625 g/mol. The van der Waals surface area contributed by atoms with Crippen LogP contribution in [0.2, 0.25) is 0 Å². The number of carbonyl (C=O) groups is 4. The van der Waals surface area contributed by atoms with E-state index in [2.05, 4.69) is 10.6 Å². The van der Waals surface area contributed by atoms with E-state index in [0.29, 0.717) is 12.8 Å². The number of amides is 3. The van der Waals surface area contributed by atoms with Crippen molar-refractivity contribution in [3.05, 3.63) is 120 Å². The zero-order valence-corrected chi connectivity index (χ0v) is 26.3. The molecule has 46 heavy (non-hydrogen) atoms. The Hall–Kier alpha value is -5.02. The largest absolute Gasteiger partial charge is 0.481 e. The summed E-state index contributed by atoms with van der Waals surface area (Å²) in [5.41, 5.74) is 7.73. The third-order valence-electron chi connectivity index (χ3n) is 7.46. The van der Waals surface area contributed by atoms with Gasteiger partial charge in [0.1, 0.15) is 6.04 Å². The molecule has 9 heteroatoms. The minimum absolute atomic E-state index is 0.00684. The molecule has 0 heterocycles. The second-order valence-electron chi connectivity index (χ2n) is 11.5. The van der Waals surface area contributed by atoms with Crippen LogP contribution in [0.5, 0.6) is 0 Å². The average Bonchev–Trinajstić information content (AvgIpc) is 3.03. The van der Waals surface area contributed by atoms with Crippen molar-refractivity contribution in [2.45, 2.75) is 64.1 Å². The van der Waals surface area contributed by atoms with Crippen molar-refractivity contribution >= 4 is 34.5 Å². The van der Waals surface area contributed by atoms with Crippen molar-refractivity contribution in [2.24, 2.45) is 11.7 Å². The number of hydrogen-bond acceptors (Lipinski definition) is 5. The maximum Gasteiger partial charge on any atom is 0.303 e. The first kappa shape index (κ1) is 35.5. The van der Waals surface area contributed by atoms with E-state index in [1.54, 1.807) is 0 Å². The summed E-state index contributed by atoms with van der Waals surface area (Å²) < 4.78 is 0. The molecule has 0 saturated heterocycles. The second-order valence-corrected chi connectivity index (χ2v) is 11.5. The smallest absolute Gasteiger partial charge is 0.303 e. The number of carbonyl (C=O) groups excluding carboxylic acids is 3. The maximum absolute atomic E-state index is 13.3. The summed E-state index contributed by atoms with van der Waals surface area (Å²) in [5.74, 6) is -2.18. The molecule has 0 aliphatic rings. The van der Waals surface area contributed by atoms with Gasteiger partial charge in [-0.3, -0.25) is 19.2 Å². The lowest BCUT2D eigenvalue weighted by atomic mass is 9.96. The normalized spacial score (nSPS) is 12.7. The van der Waals surface area contributed by atoms with E-state index in [9.17, 15) is 24.3 Å². The van der Waals surface area contributed by atoms with E-state index < -0.39 is 30.1 Å². The zero-order valence-electron chi connectivity index (χ0n) is 26.3. The summed E-state index contributed by atoms with van der Waals surface area (Å²) in [4.78, 5) is 47.6. The predicted molar refractivity (Wildman–Crippen MR) is 179 cm³/mol. The highest BCUT2D eigenvalue weighted by atomic mass is 16.4. The Morgan fingerprint density at radius 3 is 1.93 bits per heavy atom. The Balaban J connectivity index is 0.000000489. The molecule has 0 aliphatic carbocycles. The lowest BCUT2D eigenvalue weighted by Gasteiger charge is -2.28. The first-order valence-electron chi connectivity index (χ1n) is 15.4. The fourth-order valence-corrected chi connectivity index (χ4v) is 5.07. The van der Waals surface area contributed by atoms with Gasteiger partial charge in [0.2, 0.25) is 17.7 Å². The molecule has 0 aliphatic heterocycles. The summed E-state index contributed by atoms with van der Waals surface area (Å²) in [6.45, 7) is 3.69. The highest BCUT2D eigenvalue weighted by molar-refractivity contribution is 5.92. The van der Waals surface area contributed by atoms with Crippen LogP contribution in [-0.4, -0.2) is 52.1 Å². The minimum Gasteiger partial charge on any atom is -0.481 e. The average molecular weight is 626 g/mol. The molecular weight excluding hydrogens is 582 g/mol. The number of aliphatic hydroxyl groups is 1. The third kappa shape index (κ3) is 11.8. The number of nitrogens with two attached hydrogens (primary N) is 1. The van der Waals surface area contributed by atoms with Gasteiger partial charge in [-0.1, -0.05) is 117 Å². The van der Waals surface area contributed by atoms with Gasteiger partial charge in [-0.25, -0.2) is 0 Å². The molecule has 1 unspecified atom stereocenters. The molecule has 9 nitrogen and oxygen atoms in total. The highest BCUT2D eigenvalue weighted by Crippen LogP contribution is 2.19. The van der Waals surface area contributed by atoms with Crippen molar-refractivity contribution in [3.63, 3.8) is 0 Å². The molecule has 3 amide bonds. The number of nitrogens with one attached hydrogen (secondary N) is 2. The number of carboxylic acid groups (broad SMARTS) is 1. The van der Waals surface area contributed by atoms with Gasteiger partial charge in [0.05, 0.1) is 25.0 Å². The van der Waals surface area contributed by atoms with Crippen LogP contribution in [0.25, 0.3) is 10.8 Å². The lowest BCUT2D eigenvalue weighted by Crippen LogP contribution is -2.55. The van der Waals surface area contributed by atoms with Crippen LogP contribution in [0.3, 0.4) is 0 Å². The van der Waals surface area contributed by atoms with Crippen LogP contribution >= 0.6 is 0 Å². The van der Waals surface area contributed by atoms with Crippen LogP contribution in [0, 0.1) is 5.92 Å². The Bertz CT molecular complexity index is 1570. The molecule has 242 valence electrons. The van der Waals surface area contributed by atoms with Gasteiger partial charge < -0.3 is 26.6 Å². The third-order valence-corrected chi connectivity index (χ3v) is 7.46. The van der Waals surface area contributed by atoms with Crippen molar-refractivity contribution in [1.82, 2.24) is 10.6 Å². The molecule has 0 bridgehead atoms. The number of primary amides is 1. The van der Waals surface area contributed by atoms with Crippen LogP contribution in [0.4, 0.5) is 0 Å². The van der Waals surface area contributed by atoms with Crippen LogP contribution in [0.1, 0.15) is 43.4 Å².